The first-order valence-corrected chi connectivity index (χ1v) is 12.1. The molecule has 2 aromatic carbocycles. The highest BCUT2D eigenvalue weighted by molar-refractivity contribution is 5.95. The molecule has 0 saturated carbocycles. The smallest absolute Gasteiger partial charge is 0.236 e. The van der Waals surface area contributed by atoms with E-state index in [-0.39, 0.29) is 12.5 Å². The van der Waals surface area contributed by atoms with Crippen molar-refractivity contribution in [1.29, 1.82) is 0 Å². The lowest BCUT2D eigenvalue weighted by Crippen LogP contribution is -2.39. The van der Waals surface area contributed by atoms with Gasteiger partial charge >= 0.3 is 0 Å². The molecular formula is C28H28N6O3. The molecule has 1 aliphatic rings. The Morgan fingerprint density at radius 2 is 1.92 bits per heavy atom. The number of aliphatic hydroxyl groups excluding tert-OH is 1. The van der Waals surface area contributed by atoms with Crippen LogP contribution < -0.4 is 15.4 Å². The molecular weight excluding hydrogens is 468 g/mol. The maximum absolute atomic E-state index is 13.5. The zero-order valence-electron chi connectivity index (χ0n) is 20.2. The lowest BCUT2D eigenvalue weighted by atomic mass is 9.88. The number of rotatable bonds is 9. The van der Waals surface area contributed by atoms with Crippen LogP contribution in [0.2, 0.25) is 0 Å². The number of hydrogen-bond acceptors (Lipinski definition) is 7. The predicted molar refractivity (Wildman–Crippen MR) is 140 cm³/mol. The molecule has 0 spiro atoms. The Hall–Kier alpha value is -4.50. The van der Waals surface area contributed by atoms with Crippen LogP contribution in [0.1, 0.15) is 29.4 Å². The van der Waals surface area contributed by atoms with Crippen LogP contribution in [0.3, 0.4) is 0 Å². The van der Waals surface area contributed by atoms with E-state index in [9.17, 15) is 9.90 Å². The first kappa shape index (κ1) is 24.2. The fourth-order valence-corrected chi connectivity index (χ4v) is 4.34. The zero-order valence-corrected chi connectivity index (χ0v) is 20.2. The first-order valence-electron chi connectivity index (χ1n) is 12.1. The van der Waals surface area contributed by atoms with E-state index in [0.29, 0.717) is 42.6 Å². The Balaban J connectivity index is 1.44. The third kappa shape index (κ3) is 5.52. The van der Waals surface area contributed by atoms with Gasteiger partial charge in [-0.3, -0.25) is 9.78 Å². The summed E-state index contributed by atoms with van der Waals surface area (Å²) in [4.78, 5) is 22.2. The molecule has 9 heteroatoms. The average Bonchev–Trinajstić information content (AvgIpc) is 3.33. The third-order valence-corrected chi connectivity index (χ3v) is 6.14. The van der Waals surface area contributed by atoms with Crippen molar-refractivity contribution in [3.8, 4) is 5.75 Å². The number of fused-ring (bicyclic) bond motifs is 1. The summed E-state index contributed by atoms with van der Waals surface area (Å²) in [7, 11) is 0. The van der Waals surface area contributed by atoms with E-state index in [0.717, 1.165) is 16.9 Å². The Kier molecular flexibility index (Phi) is 7.23. The molecule has 5 rings (SSSR count). The number of carbonyl (C=O) groups is 1. The zero-order chi connectivity index (χ0) is 25.6. The highest BCUT2D eigenvalue weighted by Gasteiger charge is 2.40. The van der Waals surface area contributed by atoms with Gasteiger partial charge in [-0.15, -0.1) is 0 Å². The van der Waals surface area contributed by atoms with Crippen LogP contribution in [-0.2, 0) is 17.8 Å². The number of nitrogens with zero attached hydrogens (tertiary/aromatic N) is 4. The summed E-state index contributed by atoms with van der Waals surface area (Å²) in [6.45, 7) is 4.66. The highest BCUT2D eigenvalue weighted by atomic mass is 16.5. The number of aryl methyl sites for hydroxylation is 1. The minimum Gasteiger partial charge on any atom is -0.489 e. The van der Waals surface area contributed by atoms with Crippen molar-refractivity contribution in [2.75, 3.05) is 17.2 Å². The van der Waals surface area contributed by atoms with Gasteiger partial charge in [0.1, 0.15) is 18.3 Å². The lowest BCUT2D eigenvalue weighted by molar-refractivity contribution is -0.119. The summed E-state index contributed by atoms with van der Waals surface area (Å²) in [5.74, 6) is 0.913. The van der Waals surface area contributed by atoms with Crippen LogP contribution in [0, 0.1) is 5.92 Å². The van der Waals surface area contributed by atoms with E-state index < -0.39 is 12.0 Å². The van der Waals surface area contributed by atoms with Gasteiger partial charge in [-0.2, -0.15) is 10.1 Å². The van der Waals surface area contributed by atoms with E-state index >= 15 is 0 Å². The molecule has 0 unspecified atom stereocenters. The fraction of sp³-hybridized carbons (Fsp3) is 0.214. The largest absolute Gasteiger partial charge is 0.489 e. The predicted octanol–water partition coefficient (Wildman–Crippen LogP) is 3.96. The molecule has 1 amide bonds. The van der Waals surface area contributed by atoms with Gasteiger partial charge in [0, 0.05) is 24.9 Å². The number of nitrogens with one attached hydrogen (secondary N) is 2. The number of carbonyl (C=O) groups excluding carboxylic acids is 1. The summed E-state index contributed by atoms with van der Waals surface area (Å²) in [6.07, 6.45) is 4.32. The van der Waals surface area contributed by atoms with Gasteiger partial charge in [0.15, 0.2) is 5.82 Å². The van der Waals surface area contributed by atoms with Gasteiger partial charge < -0.3 is 20.5 Å². The molecule has 3 N–H and O–H groups in total. The monoisotopic (exact) mass is 496 g/mol. The second-order valence-electron chi connectivity index (χ2n) is 8.77. The van der Waals surface area contributed by atoms with E-state index in [1.807, 2.05) is 54.6 Å². The second kappa shape index (κ2) is 11.0. The fourth-order valence-electron chi connectivity index (χ4n) is 4.34. The molecule has 188 valence electrons. The number of aliphatic hydroxyl groups is 1. The quantitative estimate of drug-likeness (QED) is 0.321. The Bertz CT molecular complexity index is 1360. The van der Waals surface area contributed by atoms with Crippen LogP contribution in [-0.4, -0.2) is 37.4 Å². The van der Waals surface area contributed by atoms with E-state index in [1.54, 1.807) is 29.2 Å². The van der Waals surface area contributed by atoms with Crippen molar-refractivity contribution in [2.45, 2.75) is 25.5 Å². The first-order chi connectivity index (χ1) is 18.1. The summed E-state index contributed by atoms with van der Waals surface area (Å²) in [5, 5.41) is 20.0. The number of pyridine rings is 1. The molecule has 4 aromatic rings. The standard InChI is InChI=1S/C28H28N6O3/c1-19-25(27(36)31-22-9-5-15-29-17-22)26(34-28(30-19)32-24(33-34)10-6-16-35)21-11-13-23(14-12-21)37-18-20-7-3-2-4-8-20/h2-5,7-9,11-15,17,25-26,35H,1,6,10,16,18H2,(H,31,36)(H,30,32,33)/t25-,26+/m1/s1. The number of benzene rings is 2. The van der Waals surface area contributed by atoms with E-state index in [1.165, 1.54) is 0 Å². The van der Waals surface area contributed by atoms with Crippen molar-refractivity contribution in [2.24, 2.45) is 5.92 Å². The van der Waals surface area contributed by atoms with Crippen LogP contribution in [0.25, 0.3) is 0 Å². The average molecular weight is 497 g/mol. The molecule has 0 fully saturated rings. The Morgan fingerprint density at radius 1 is 1.11 bits per heavy atom. The van der Waals surface area contributed by atoms with Gasteiger partial charge in [-0.1, -0.05) is 49.0 Å². The molecule has 37 heavy (non-hydrogen) atoms. The lowest BCUT2D eigenvalue weighted by Gasteiger charge is -2.33. The van der Waals surface area contributed by atoms with Gasteiger partial charge in [0.05, 0.1) is 17.9 Å². The van der Waals surface area contributed by atoms with Gasteiger partial charge in [0.25, 0.3) is 0 Å². The molecule has 0 saturated heterocycles. The maximum Gasteiger partial charge on any atom is 0.236 e. The molecule has 0 aliphatic carbocycles. The van der Waals surface area contributed by atoms with Crippen molar-refractivity contribution >= 4 is 17.5 Å². The van der Waals surface area contributed by atoms with Crippen LogP contribution in [0.5, 0.6) is 5.75 Å². The molecule has 0 radical (unpaired) electrons. The van der Waals surface area contributed by atoms with Crippen LogP contribution in [0.15, 0.2) is 91.4 Å². The van der Waals surface area contributed by atoms with E-state index in [2.05, 4.69) is 32.3 Å². The molecule has 9 nitrogen and oxygen atoms in total. The summed E-state index contributed by atoms with van der Waals surface area (Å²) in [6, 6.07) is 20.7. The molecule has 0 bridgehead atoms. The van der Waals surface area contributed by atoms with E-state index in [4.69, 9.17) is 4.74 Å². The van der Waals surface area contributed by atoms with Gasteiger partial charge in [-0.05, 0) is 41.8 Å². The summed E-state index contributed by atoms with van der Waals surface area (Å²) >= 11 is 0. The van der Waals surface area contributed by atoms with Crippen LogP contribution >= 0.6 is 0 Å². The Morgan fingerprint density at radius 3 is 2.65 bits per heavy atom. The Labute approximate surface area is 214 Å². The maximum atomic E-state index is 13.5. The molecule has 2 atom stereocenters. The van der Waals surface area contributed by atoms with Crippen molar-refractivity contribution in [3.05, 3.63) is 108 Å². The number of anilines is 2. The number of ether oxygens (including phenoxy) is 1. The summed E-state index contributed by atoms with van der Waals surface area (Å²) in [5.41, 5.74) is 3.05. The van der Waals surface area contributed by atoms with Crippen LogP contribution in [0.4, 0.5) is 11.6 Å². The summed E-state index contributed by atoms with van der Waals surface area (Å²) < 4.78 is 7.68. The molecule has 1 aliphatic heterocycles. The number of hydrogen-bond donors (Lipinski definition) is 3. The molecule has 3 heterocycles. The van der Waals surface area contributed by atoms with Crippen molar-refractivity contribution < 1.29 is 14.6 Å². The van der Waals surface area contributed by atoms with Gasteiger partial charge in [0.2, 0.25) is 11.9 Å². The SMILES string of the molecule is C=C1Nc2nc(CCCO)nn2[C@@H](c2ccc(OCc3ccccc3)cc2)[C@@H]1C(=O)Nc1cccnc1. The minimum absolute atomic E-state index is 0.0496. The third-order valence-electron chi connectivity index (χ3n) is 6.14. The van der Waals surface area contributed by atoms with Crippen molar-refractivity contribution in [3.63, 3.8) is 0 Å². The normalized spacial score (nSPS) is 16.5. The minimum atomic E-state index is -0.670. The van der Waals surface area contributed by atoms with Crippen molar-refractivity contribution in [1.82, 2.24) is 19.7 Å². The highest BCUT2D eigenvalue weighted by Crippen LogP contribution is 2.38. The second-order valence-corrected chi connectivity index (χ2v) is 8.77. The topological polar surface area (TPSA) is 114 Å². The van der Waals surface area contributed by atoms with Gasteiger partial charge in [-0.25, -0.2) is 4.68 Å². The number of aromatic nitrogens is 4. The molecule has 2 aromatic heterocycles. The number of amides is 1.